The molecule has 0 spiro atoms. The van der Waals surface area contributed by atoms with Crippen LogP contribution in [0.15, 0.2) is 18.2 Å². The summed E-state index contributed by atoms with van der Waals surface area (Å²) in [4.78, 5) is 2.33. The Bertz CT molecular complexity index is 422. The molecule has 1 aromatic rings. The molecule has 0 saturated carbocycles. The summed E-state index contributed by atoms with van der Waals surface area (Å²) in [6, 6.07) is 6.61. The van der Waals surface area contributed by atoms with Crippen molar-refractivity contribution in [2.45, 2.75) is 25.4 Å². The third-order valence-corrected chi connectivity index (χ3v) is 4.04. The van der Waals surface area contributed by atoms with Gasteiger partial charge in [0.25, 0.3) is 0 Å². The third-order valence-electron chi connectivity index (χ3n) is 4.04. The lowest BCUT2D eigenvalue weighted by Crippen LogP contribution is -2.53. The van der Waals surface area contributed by atoms with Gasteiger partial charge >= 0.3 is 0 Å². The maximum atomic E-state index is 6.50. The van der Waals surface area contributed by atoms with Crippen LogP contribution in [-0.2, 0) is 6.42 Å². The highest BCUT2D eigenvalue weighted by molar-refractivity contribution is 5.40. The highest BCUT2D eigenvalue weighted by atomic mass is 16.5. The highest BCUT2D eigenvalue weighted by Crippen LogP contribution is 2.29. The van der Waals surface area contributed by atoms with Gasteiger partial charge in [0.1, 0.15) is 5.75 Å². The first-order valence-corrected chi connectivity index (χ1v) is 7.00. The molecule has 0 aromatic heterocycles. The van der Waals surface area contributed by atoms with Gasteiger partial charge in [0.05, 0.1) is 13.2 Å². The van der Waals surface area contributed by atoms with Crippen LogP contribution in [0.25, 0.3) is 0 Å². The number of hydrogen-bond donors (Lipinski definition) is 2. The Hall–Kier alpha value is -1.10. The Morgan fingerprint density at radius 3 is 2.95 bits per heavy atom. The van der Waals surface area contributed by atoms with Crippen LogP contribution in [-0.4, -0.2) is 44.7 Å². The lowest BCUT2D eigenvalue weighted by Gasteiger charge is -2.37. The predicted octanol–water partition coefficient (Wildman–Crippen LogP) is 1.16. The Morgan fingerprint density at radius 2 is 2.32 bits per heavy atom. The number of nitrogens with one attached hydrogen (secondary N) is 1. The molecule has 0 aliphatic carbocycles. The molecule has 0 amide bonds. The van der Waals surface area contributed by atoms with Crippen molar-refractivity contribution in [3.8, 4) is 5.75 Å². The first-order chi connectivity index (χ1) is 9.17. The standard InChI is InChI=1S/C15H25N3O/c1-4-11-5-6-14(19-3)12(9-11)15(16)13-10-17-7-8-18(13)2/h5-6,9,13,15,17H,4,7-8,10,16H2,1-3H3. The summed E-state index contributed by atoms with van der Waals surface area (Å²) in [5.41, 5.74) is 8.92. The number of aryl methyl sites for hydroxylation is 1. The summed E-state index contributed by atoms with van der Waals surface area (Å²) in [6.45, 7) is 5.16. The minimum absolute atomic E-state index is 0.0285. The number of rotatable bonds is 4. The van der Waals surface area contributed by atoms with Crippen LogP contribution in [0, 0.1) is 0 Å². The minimum Gasteiger partial charge on any atom is -0.496 e. The number of nitrogens with zero attached hydrogens (tertiary/aromatic N) is 1. The van der Waals surface area contributed by atoms with Gasteiger partial charge in [-0.2, -0.15) is 0 Å². The van der Waals surface area contributed by atoms with E-state index in [2.05, 4.69) is 36.3 Å². The Morgan fingerprint density at radius 1 is 1.53 bits per heavy atom. The van der Waals surface area contributed by atoms with Gasteiger partial charge in [-0.3, -0.25) is 4.90 Å². The molecular weight excluding hydrogens is 238 g/mol. The monoisotopic (exact) mass is 263 g/mol. The van der Waals surface area contributed by atoms with Gasteiger partial charge in [0, 0.05) is 31.2 Å². The van der Waals surface area contributed by atoms with E-state index in [1.165, 1.54) is 5.56 Å². The zero-order chi connectivity index (χ0) is 13.8. The van der Waals surface area contributed by atoms with Crippen LogP contribution >= 0.6 is 0 Å². The smallest absolute Gasteiger partial charge is 0.123 e. The Kier molecular flexibility index (Phi) is 4.80. The highest BCUT2D eigenvalue weighted by Gasteiger charge is 2.27. The molecule has 1 saturated heterocycles. The zero-order valence-electron chi connectivity index (χ0n) is 12.1. The van der Waals surface area contributed by atoms with Crippen molar-refractivity contribution in [2.75, 3.05) is 33.8 Å². The average Bonchev–Trinajstić information content (AvgIpc) is 2.46. The second-order valence-corrected chi connectivity index (χ2v) is 5.21. The molecule has 1 aliphatic rings. The van der Waals surface area contributed by atoms with Gasteiger partial charge < -0.3 is 15.8 Å². The maximum Gasteiger partial charge on any atom is 0.123 e. The van der Waals surface area contributed by atoms with E-state index in [9.17, 15) is 0 Å². The fraction of sp³-hybridized carbons (Fsp3) is 0.600. The largest absolute Gasteiger partial charge is 0.496 e. The summed E-state index contributed by atoms with van der Waals surface area (Å²) in [5.74, 6) is 0.892. The van der Waals surface area contributed by atoms with E-state index in [-0.39, 0.29) is 6.04 Å². The van der Waals surface area contributed by atoms with E-state index >= 15 is 0 Å². The second kappa shape index (κ2) is 6.37. The Labute approximate surface area is 115 Å². The first-order valence-electron chi connectivity index (χ1n) is 7.00. The Balaban J connectivity index is 2.27. The molecule has 19 heavy (non-hydrogen) atoms. The van der Waals surface area contributed by atoms with Gasteiger partial charge in [-0.15, -0.1) is 0 Å². The quantitative estimate of drug-likeness (QED) is 0.856. The molecule has 1 heterocycles. The van der Waals surface area contributed by atoms with Crippen LogP contribution in [0.3, 0.4) is 0 Å². The fourth-order valence-electron chi connectivity index (χ4n) is 2.70. The van der Waals surface area contributed by atoms with E-state index < -0.39 is 0 Å². The summed E-state index contributed by atoms with van der Waals surface area (Å²) in [5, 5.41) is 3.42. The summed E-state index contributed by atoms with van der Waals surface area (Å²) >= 11 is 0. The summed E-state index contributed by atoms with van der Waals surface area (Å²) in [7, 11) is 3.85. The average molecular weight is 263 g/mol. The van der Waals surface area contributed by atoms with Gasteiger partial charge in [-0.05, 0) is 25.1 Å². The number of likely N-dealkylation sites (N-methyl/N-ethyl adjacent to an activating group) is 1. The molecule has 2 rings (SSSR count). The van der Waals surface area contributed by atoms with Gasteiger partial charge in [0.2, 0.25) is 0 Å². The fourth-order valence-corrected chi connectivity index (χ4v) is 2.70. The molecule has 4 nitrogen and oxygen atoms in total. The molecule has 1 fully saturated rings. The minimum atomic E-state index is -0.0285. The van der Waals surface area contributed by atoms with E-state index in [0.29, 0.717) is 6.04 Å². The molecule has 0 radical (unpaired) electrons. The van der Waals surface area contributed by atoms with Crippen molar-refractivity contribution in [1.82, 2.24) is 10.2 Å². The van der Waals surface area contributed by atoms with E-state index in [4.69, 9.17) is 10.5 Å². The van der Waals surface area contributed by atoms with Crippen molar-refractivity contribution < 1.29 is 4.74 Å². The number of hydrogen-bond acceptors (Lipinski definition) is 4. The number of piperazine rings is 1. The molecule has 2 atom stereocenters. The molecule has 3 N–H and O–H groups in total. The van der Waals surface area contributed by atoms with Crippen molar-refractivity contribution in [2.24, 2.45) is 5.73 Å². The van der Waals surface area contributed by atoms with Crippen molar-refractivity contribution in [1.29, 1.82) is 0 Å². The van der Waals surface area contributed by atoms with E-state index in [1.807, 2.05) is 6.07 Å². The SMILES string of the molecule is CCc1ccc(OC)c(C(N)C2CNCCN2C)c1. The van der Waals surface area contributed by atoms with Crippen LogP contribution in [0.2, 0.25) is 0 Å². The number of nitrogens with two attached hydrogens (primary N) is 1. The molecule has 1 aliphatic heterocycles. The lowest BCUT2D eigenvalue weighted by atomic mass is 9.95. The van der Waals surface area contributed by atoms with Gasteiger partial charge in [-0.1, -0.05) is 19.1 Å². The maximum absolute atomic E-state index is 6.50. The van der Waals surface area contributed by atoms with Crippen LogP contribution in [0.5, 0.6) is 5.75 Å². The topological polar surface area (TPSA) is 50.5 Å². The lowest BCUT2D eigenvalue weighted by molar-refractivity contribution is 0.172. The van der Waals surface area contributed by atoms with Crippen molar-refractivity contribution in [3.63, 3.8) is 0 Å². The van der Waals surface area contributed by atoms with Crippen molar-refractivity contribution >= 4 is 0 Å². The molecule has 4 heteroatoms. The molecule has 2 unspecified atom stereocenters. The number of benzene rings is 1. The summed E-state index contributed by atoms with van der Waals surface area (Å²) < 4.78 is 5.47. The molecule has 106 valence electrons. The van der Waals surface area contributed by atoms with Gasteiger partial charge in [-0.25, -0.2) is 0 Å². The van der Waals surface area contributed by atoms with Crippen LogP contribution < -0.4 is 15.8 Å². The van der Waals surface area contributed by atoms with Crippen LogP contribution in [0.4, 0.5) is 0 Å². The first kappa shape index (κ1) is 14.3. The van der Waals surface area contributed by atoms with Gasteiger partial charge in [0.15, 0.2) is 0 Å². The molecular formula is C15H25N3O. The van der Waals surface area contributed by atoms with E-state index in [1.54, 1.807) is 7.11 Å². The molecule has 0 bridgehead atoms. The van der Waals surface area contributed by atoms with Crippen molar-refractivity contribution in [3.05, 3.63) is 29.3 Å². The summed E-state index contributed by atoms with van der Waals surface area (Å²) in [6.07, 6.45) is 1.02. The second-order valence-electron chi connectivity index (χ2n) is 5.21. The van der Waals surface area contributed by atoms with E-state index in [0.717, 1.165) is 37.4 Å². The third kappa shape index (κ3) is 3.08. The number of ether oxygens (including phenoxy) is 1. The number of methoxy groups -OCH3 is 1. The normalized spacial score (nSPS) is 22.2. The molecule has 1 aromatic carbocycles. The zero-order valence-corrected chi connectivity index (χ0v) is 12.1. The van der Waals surface area contributed by atoms with Crippen LogP contribution in [0.1, 0.15) is 24.1 Å². The predicted molar refractivity (Wildman–Crippen MR) is 78.6 cm³/mol.